The normalized spacial score (nSPS) is 11.0. The fourth-order valence-electron chi connectivity index (χ4n) is 2.09. The Bertz CT molecular complexity index is 426. The Morgan fingerprint density at radius 3 is 2.26 bits per heavy atom. The van der Waals surface area contributed by atoms with Gasteiger partial charge in [0.25, 0.3) is 5.91 Å². The molecule has 0 radical (unpaired) electrons. The van der Waals surface area contributed by atoms with Crippen LogP contribution in [0.2, 0.25) is 0 Å². The molecule has 0 spiro atoms. The second kappa shape index (κ2) is 13.5. The van der Waals surface area contributed by atoms with Crippen molar-refractivity contribution in [3.8, 4) is 0 Å². The van der Waals surface area contributed by atoms with Gasteiger partial charge in [-0.2, -0.15) is 0 Å². The summed E-state index contributed by atoms with van der Waals surface area (Å²) in [6.45, 7) is 9.09. The van der Waals surface area contributed by atoms with Crippen LogP contribution in [0.25, 0.3) is 0 Å². The number of carbonyl (C=O) groups is 1. The summed E-state index contributed by atoms with van der Waals surface area (Å²) in [5.74, 6) is -0.0137. The van der Waals surface area contributed by atoms with Crippen LogP contribution in [0, 0.1) is 0 Å². The van der Waals surface area contributed by atoms with E-state index in [0.29, 0.717) is 12.1 Å². The summed E-state index contributed by atoms with van der Waals surface area (Å²) in [5.41, 5.74) is 1.90. The van der Waals surface area contributed by atoms with Crippen molar-refractivity contribution in [2.45, 2.75) is 39.7 Å². The van der Waals surface area contributed by atoms with Crippen LogP contribution in [0.1, 0.15) is 44.0 Å². The molecule has 1 unspecified atom stereocenters. The van der Waals surface area contributed by atoms with Crippen LogP contribution in [0.15, 0.2) is 24.3 Å². The number of halogens is 2. The molecular weight excluding hydrogens is 333 g/mol. The Labute approximate surface area is 153 Å². The Hall–Kier alpha value is -0.970. The predicted octanol–water partition coefficient (Wildman–Crippen LogP) is 3.49. The molecule has 1 amide bonds. The van der Waals surface area contributed by atoms with Crippen LogP contribution in [0.3, 0.4) is 0 Å². The maximum absolute atomic E-state index is 12.0. The van der Waals surface area contributed by atoms with E-state index in [2.05, 4.69) is 29.4 Å². The van der Waals surface area contributed by atoms with Crippen molar-refractivity contribution in [1.82, 2.24) is 10.6 Å². The molecule has 0 saturated heterocycles. The summed E-state index contributed by atoms with van der Waals surface area (Å²) < 4.78 is 0. The van der Waals surface area contributed by atoms with Gasteiger partial charge in [-0.1, -0.05) is 13.3 Å². The minimum Gasteiger partial charge on any atom is -0.372 e. The van der Waals surface area contributed by atoms with Gasteiger partial charge >= 0.3 is 0 Å². The van der Waals surface area contributed by atoms with Gasteiger partial charge < -0.3 is 15.5 Å². The Morgan fingerprint density at radius 2 is 1.78 bits per heavy atom. The molecule has 1 atom stereocenters. The minimum absolute atomic E-state index is 0. The fraction of sp³-hybridized carbons (Fsp3) is 0.588. The molecule has 0 aliphatic carbocycles. The maximum atomic E-state index is 12.0. The maximum Gasteiger partial charge on any atom is 0.251 e. The van der Waals surface area contributed by atoms with E-state index in [0.717, 1.165) is 13.1 Å². The standard InChI is InChI=1S/C17H29N3O.2ClH/c1-5-7-12-20(6-2)16-10-8-15(9-11-16)17(21)19-13-14(3)18-4;;/h8-11,14,18H,5-7,12-13H2,1-4H3,(H,19,21);2*1H. The first-order valence-electron chi connectivity index (χ1n) is 7.92. The molecule has 0 bridgehead atoms. The van der Waals surface area contributed by atoms with E-state index < -0.39 is 0 Å². The van der Waals surface area contributed by atoms with Gasteiger partial charge in [0.15, 0.2) is 0 Å². The number of carbonyl (C=O) groups excluding carboxylic acids is 1. The zero-order valence-corrected chi connectivity index (χ0v) is 16.2. The third kappa shape index (κ3) is 8.45. The highest BCUT2D eigenvalue weighted by molar-refractivity contribution is 5.94. The van der Waals surface area contributed by atoms with Gasteiger partial charge in [-0.25, -0.2) is 0 Å². The minimum atomic E-state index is -0.0137. The number of nitrogens with one attached hydrogen (secondary N) is 2. The van der Waals surface area contributed by atoms with Gasteiger partial charge in [0, 0.05) is 36.9 Å². The lowest BCUT2D eigenvalue weighted by Gasteiger charge is -2.23. The van der Waals surface area contributed by atoms with E-state index in [9.17, 15) is 4.79 Å². The molecule has 0 fully saturated rings. The van der Waals surface area contributed by atoms with Crippen molar-refractivity contribution in [3.05, 3.63) is 29.8 Å². The van der Waals surface area contributed by atoms with Gasteiger partial charge in [0.1, 0.15) is 0 Å². The van der Waals surface area contributed by atoms with Crippen molar-refractivity contribution < 1.29 is 4.79 Å². The Balaban J connectivity index is 0. The first kappa shape index (κ1) is 24.3. The van der Waals surface area contributed by atoms with E-state index in [-0.39, 0.29) is 36.8 Å². The first-order chi connectivity index (χ1) is 10.1. The smallest absolute Gasteiger partial charge is 0.251 e. The Morgan fingerprint density at radius 1 is 1.17 bits per heavy atom. The zero-order valence-electron chi connectivity index (χ0n) is 14.6. The van der Waals surface area contributed by atoms with Crippen molar-refractivity contribution >= 4 is 36.4 Å². The molecule has 0 aliphatic rings. The summed E-state index contributed by atoms with van der Waals surface area (Å²) in [6, 6.07) is 8.16. The van der Waals surface area contributed by atoms with Crippen LogP contribution in [-0.2, 0) is 0 Å². The molecular formula is C17H31Cl2N3O. The van der Waals surface area contributed by atoms with Crippen molar-refractivity contribution in [1.29, 1.82) is 0 Å². The summed E-state index contributed by atoms with van der Waals surface area (Å²) in [4.78, 5) is 14.4. The van der Waals surface area contributed by atoms with Crippen molar-refractivity contribution in [2.75, 3.05) is 31.6 Å². The van der Waals surface area contributed by atoms with Gasteiger partial charge in [0.05, 0.1) is 0 Å². The summed E-state index contributed by atoms with van der Waals surface area (Å²) in [7, 11) is 1.89. The number of hydrogen-bond acceptors (Lipinski definition) is 3. The molecule has 23 heavy (non-hydrogen) atoms. The number of amides is 1. The molecule has 6 heteroatoms. The van der Waals surface area contributed by atoms with Crippen LogP contribution in [0.4, 0.5) is 5.69 Å². The first-order valence-corrected chi connectivity index (χ1v) is 7.92. The summed E-state index contributed by atoms with van der Waals surface area (Å²) >= 11 is 0. The highest BCUT2D eigenvalue weighted by Gasteiger charge is 2.08. The van der Waals surface area contributed by atoms with Gasteiger partial charge in [0.2, 0.25) is 0 Å². The second-order valence-electron chi connectivity index (χ2n) is 5.38. The van der Waals surface area contributed by atoms with Gasteiger partial charge in [-0.05, 0) is 51.6 Å². The quantitative estimate of drug-likeness (QED) is 0.705. The monoisotopic (exact) mass is 363 g/mol. The number of anilines is 1. The van der Waals surface area contributed by atoms with Crippen LogP contribution in [-0.4, -0.2) is 38.6 Å². The third-order valence-electron chi connectivity index (χ3n) is 3.72. The lowest BCUT2D eigenvalue weighted by atomic mass is 10.1. The van der Waals surface area contributed by atoms with Gasteiger partial charge in [-0.3, -0.25) is 4.79 Å². The largest absolute Gasteiger partial charge is 0.372 e. The average molecular weight is 364 g/mol. The van der Waals surface area contributed by atoms with Gasteiger partial charge in [-0.15, -0.1) is 24.8 Å². The van der Waals surface area contributed by atoms with E-state index in [4.69, 9.17) is 0 Å². The highest BCUT2D eigenvalue weighted by atomic mass is 35.5. The molecule has 2 N–H and O–H groups in total. The summed E-state index contributed by atoms with van der Waals surface area (Å²) in [6.07, 6.45) is 2.39. The molecule has 1 rings (SSSR count). The Kier molecular flexibility index (Phi) is 14.2. The van der Waals surface area contributed by atoms with E-state index >= 15 is 0 Å². The third-order valence-corrected chi connectivity index (χ3v) is 3.72. The van der Waals surface area contributed by atoms with E-state index in [1.54, 1.807) is 0 Å². The lowest BCUT2D eigenvalue weighted by Crippen LogP contribution is -2.37. The molecule has 4 nitrogen and oxygen atoms in total. The molecule has 0 heterocycles. The predicted molar refractivity (Wildman–Crippen MR) is 105 cm³/mol. The molecule has 0 aromatic heterocycles. The number of benzene rings is 1. The number of likely N-dealkylation sites (N-methyl/N-ethyl adjacent to an activating group) is 1. The van der Waals surface area contributed by atoms with Crippen LogP contribution >= 0.6 is 24.8 Å². The van der Waals surface area contributed by atoms with Crippen molar-refractivity contribution in [3.63, 3.8) is 0 Å². The number of hydrogen-bond donors (Lipinski definition) is 2. The van der Waals surface area contributed by atoms with Crippen LogP contribution in [0.5, 0.6) is 0 Å². The van der Waals surface area contributed by atoms with Crippen molar-refractivity contribution in [2.24, 2.45) is 0 Å². The molecule has 0 aliphatic heterocycles. The van der Waals surface area contributed by atoms with E-state index in [1.165, 1.54) is 18.5 Å². The highest BCUT2D eigenvalue weighted by Crippen LogP contribution is 2.16. The topological polar surface area (TPSA) is 44.4 Å². The number of rotatable bonds is 9. The summed E-state index contributed by atoms with van der Waals surface area (Å²) in [5, 5.41) is 6.03. The molecule has 1 aromatic rings. The SMILES string of the molecule is CCCCN(CC)c1ccc(C(=O)NCC(C)NC)cc1.Cl.Cl. The van der Waals surface area contributed by atoms with Crippen LogP contribution < -0.4 is 15.5 Å². The molecule has 0 saturated carbocycles. The molecule has 1 aromatic carbocycles. The molecule has 134 valence electrons. The zero-order chi connectivity index (χ0) is 15.7. The number of unbranched alkanes of at least 4 members (excludes halogenated alkanes) is 1. The van der Waals surface area contributed by atoms with E-state index in [1.807, 2.05) is 38.2 Å². The number of nitrogens with zero attached hydrogens (tertiary/aromatic N) is 1. The fourth-order valence-corrected chi connectivity index (χ4v) is 2.09. The lowest BCUT2D eigenvalue weighted by molar-refractivity contribution is 0.0950. The second-order valence-corrected chi connectivity index (χ2v) is 5.38. The average Bonchev–Trinajstić information content (AvgIpc) is 2.53.